The van der Waals surface area contributed by atoms with Gasteiger partial charge in [-0.15, -0.1) is 11.3 Å². The van der Waals surface area contributed by atoms with Gasteiger partial charge < -0.3 is 14.7 Å². The molecule has 0 aliphatic carbocycles. The van der Waals surface area contributed by atoms with E-state index in [0.29, 0.717) is 17.2 Å². The van der Waals surface area contributed by atoms with Crippen LogP contribution < -0.4 is 4.90 Å². The van der Waals surface area contributed by atoms with Crippen molar-refractivity contribution in [1.82, 2.24) is 19.7 Å². The second kappa shape index (κ2) is 12.1. The van der Waals surface area contributed by atoms with Gasteiger partial charge in [0.25, 0.3) is 0 Å². The summed E-state index contributed by atoms with van der Waals surface area (Å²) in [6, 6.07) is 13.6. The number of thiazole rings is 1. The standard InChI is InChI=1S/C33H34ClN5O3S/c1-5-6-15-42-30(33(40)41)28-19(2)16-25-31(29(28)21-7-9-23(34)10-8-21)43-32(36-25)22-11-13-35-27(17-22)39-14-12-26-24(18-39)20(3)37-38(26)4/h7-11,13,16-17,30H,5-6,12,14-15,18H2,1-4H3,(H,40,41). The lowest BCUT2D eigenvalue weighted by molar-refractivity contribution is -0.151. The Morgan fingerprint density at radius 3 is 2.70 bits per heavy atom. The number of carboxylic acids is 1. The van der Waals surface area contributed by atoms with Gasteiger partial charge in [-0.2, -0.15) is 5.10 Å². The first-order chi connectivity index (χ1) is 20.7. The predicted octanol–water partition coefficient (Wildman–Crippen LogP) is 7.53. The molecule has 1 N–H and O–H groups in total. The van der Waals surface area contributed by atoms with E-state index < -0.39 is 12.1 Å². The average molecular weight is 616 g/mol. The number of hydrogen-bond donors (Lipinski definition) is 1. The SMILES string of the molecule is CCCCOC(C(=O)O)c1c(C)cc2nc(-c3ccnc(N4CCc5c(c(C)nn5C)C4)c3)sc2c1-c1ccc(Cl)cc1. The number of benzene rings is 2. The first-order valence-electron chi connectivity index (χ1n) is 14.5. The molecular formula is C33H34ClN5O3S. The average Bonchev–Trinajstić information content (AvgIpc) is 3.55. The van der Waals surface area contributed by atoms with Gasteiger partial charge in [0.05, 0.1) is 15.9 Å². The molecule has 0 saturated carbocycles. The van der Waals surface area contributed by atoms with Crippen LogP contribution in [0.25, 0.3) is 31.9 Å². The third-order valence-electron chi connectivity index (χ3n) is 8.09. The third-order valence-corrected chi connectivity index (χ3v) is 9.48. The molecule has 1 aliphatic heterocycles. The molecule has 0 fully saturated rings. The molecule has 0 radical (unpaired) electrons. The summed E-state index contributed by atoms with van der Waals surface area (Å²) in [5, 5.41) is 16.4. The number of aromatic nitrogens is 4. The van der Waals surface area contributed by atoms with E-state index in [2.05, 4.69) is 29.9 Å². The monoisotopic (exact) mass is 615 g/mol. The molecule has 4 heterocycles. The number of carbonyl (C=O) groups is 1. The normalized spacial score (nSPS) is 13.8. The van der Waals surface area contributed by atoms with Gasteiger partial charge >= 0.3 is 5.97 Å². The molecule has 8 nitrogen and oxygen atoms in total. The lowest BCUT2D eigenvalue weighted by Crippen LogP contribution is -2.31. The van der Waals surface area contributed by atoms with Gasteiger partial charge in [0, 0.05) is 72.3 Å². The summed E-state index contributed by atoms with van der Waals surface area (Å²) in [4.78, 5) is 24.6. The molecule has 0 amide bonds. The van der Waals surface area contributed by atoms with Crippen molar-refractivity contribution in [2.24, 2.45) is 7.05 Å². The number of hydrogen-bond acceptors (Lipinski definition) is 7. The summed E-state index contributed by atoms with van der Waals surface area (Å²) in [6.45, 7) is 8.05. The second-order valence-electron chi connectivity index (χ2n) is 11.0. The van der Waals surface area contributed by atoms with Crippen LogP contribution in [0, 0.1) is 13.8 Å². The third kappa shape index (κ3) is 5.64. The van der Waals surface area contributed by atoms with E-state index in [-0.39, 0.29) is 0 Å². The molecule has 0 spiro atoms. The van der Waals surface area contributed by atoms with Crippen molar-refractivity contribution >= 4 is 44.9 Å². The minimum Gasteiger partial charge on any atom is -0.479 e. The van der Waals surface area contributed by atoms with Gasteiger partial charge in [0.2, 0.25) is 0 Å². The number of aliphatic carboxylic acids is 1. The van der Waals surface area contributed by atoms with Gasteiger partial charge in [0.1, 0.15) is 10.8 Å². The van der Waals surface area contributed by atoms with Crippen LogP contribution in [-0.2, 0) is 29.5 Å². The first-order valence-corrected chi connectivity index (χ1v) is 15.7. The highest BCUT2D eigenvalue weighted by atomic mass is 35.5. The number of nitrogens with zero attached hydrogens (tertiary/aromatic N) is 5. The first kappa shape index (κ1) is 29.3. The van der Waals surface area contributed by atoms with E-state index in [9.17, 15) is 9.90 Å². The van der Waals surface area contributed by atoms with Crippen molar-refractivity contribution in [1.29, 1.82) is 0 Å². The van der Waals surface area contributed by atoms with Crippen molar-refractivity contribution in [3.63, 3.8) is 0 Å². The highest BCUT2D eigenvalue weighted by Gasteiger charge is 2.29. The number of aryl methyl sites for hydroxylation is 3. The summed E-state index contributed by atoms with van der Waals surface area (Å²) >= 11 is 7.80. The Hall–Kier alpha value is -3.79. The zero-order valence-electron chi connectivity index (χ0n) is 24.7. The number of rotatable bonds is 9. The summed E-state index contributed by atoms with van der Waals surface area (Å²) in [5.74, 6) is -0.110. The predicted molar refractivity (Wildman–Crippen MR) is 172 cm³/mol. The maximum absolute atomic E-state index is 12.6. The molecule has 10 heteroatoms. The molecule has 6 rings (SSSR count). The van der Waals surface area contributed by atoms with Gasteiger partial charge in [0.15, 0.2) is 6.10 Å². The lowest BCUT2D eigenvalue weighted by Gasteiger charge is -2.28. The topological polar surface area (TPSA) is 93.4 Å². The number of pyridine rings is 1. The Labute approximate surface area is 259 Å². The number of carboxylic acid groups (broad SMARTS) is 1. The van der Waals surface area contributed by atoms with Crippen molar-refractivity contribution in [2.45, 2.75) is 52.7 Å². The van der Waals surface area contributed by atoms with Crippen LogP contribution in [0.2, 0.25) is 5.02 Å². The molecule has 1 atom stereocenters. The van der Waals surface area contributed by atoms with E-state index in [0.717, 1.165) is 81.3 Å². The molecule has 0 bridgehead atoms. The second-order valence-corrected chi connectivity index (χ2v) is 12.4. The molecule has 222 valence electrons. The van der Waals surface area contributed by atoms with Gasteiger partial charge in [-0.1, -0.05) is 37.1 Å². The lowest BCUT2D eigenvalue weighted by atomic mass is 9.91. The van der Waals surface area contributed by atoms with Crippen molar-refractivity contribution in [3.05, 3.63) is 81.8 Å². The van der Waals surface area contributed by atoms with E-state index in [1.807, 2.05) is 61.2 Å². The largest absolute Gasteiger partial charge is 0.479 e. The minimum absolute atomic E-state index is 0.370. The molecule has 2 aromatic carbocycles. The van der Waals surface area contributed by atoms with Crippen LogP contribution in [0.4, 0.5) is 5.82 Å². The van der Waals surface area contributed by atoms with Gasteiger partial charge in [-0.3, -0.25) is 4.68 Å². The van der Waals surface area contributed by atoms with E-state index in [4.69, 9.17) is 26.3 Å². The van der Waals surface area contributed by atoms with Crippen LogP contribution in [0.1, 0.15) is 53.9 Å². The highest BCUT2D eigenvalue weighted by molar-refractivity contribution is 7.22. The Morgan fingerprint density at radius 2 is 1.95 bits per heavy atom. The Balaban J connectivity index is 1.44. The number of ether oxygens (including phenoxy) is 1. The Morgan fingerprint density at radius 1 is 1.16 bits per heavy atom. The molecule has 1 unspecified atom stereocenters. The fourth-order valence-electron chi connectivity index (χ4n) is 5.90. The fraction of sp³-hybridized carbons (Fsp3) is 0.333. The molecule has 5 aromatic rings. The summed E-state index contributed by atoms with van der Waals surface area (Å²) < 4.78 is 8.90. The zero-order valence-corrected chi connectivity index (χ0v) is 26.3. The molecular weight excluding hydrogens is 582 g/mol. The highest BCUT2D eigenvalue weighted by Crippen LogP contribution is 2.44. The van der Waals surface area contributed by atoms with Crippen LogP contribution in [0.5, 0.6) is 0 Å². The van der Waals surface area contributed by atoms with Crippen molar-refractivity contribution in [3.8, 4) is 21.7 Å². The molecule has 43 heavy (non-hydrogen) atoms. The van der Waals surface area contributed by atoms with E-state index >= 15 is 0 Å². The van der Waals surface area contributed by atoms with Gasteiger partial charge in [-0.25, -0.2) is 14.8 Å². The van der Waals surface area contributed by atoms with Crippen LogP contribution in [0.3, 0.4) is 0 Å². The van der Waals surface area contributed by atoms with Crippen LogP contribution in [-0.4, -0.2) is 44.0 Å². The molecule has 1 aliphatic rings. The number of anilines is 1. The maximum Gasteiger partial charge on any atom is 0.337 e. The summed E-state index contributed by atoms with van der Waals surface area (Å²) in [5.41, 5.74) is 8.57. The zero-order chi connectivity index (χ0) is 30.2. The minimum atomic E-state index is -1.10. The maximum atomic E-state index is 12.6. The van der Waals surface area contributed by atoms with Crippen molar-refractivity contribution < 1.29 is 14.6 Å². The van der Waals surface area contributed by atoms with Crippen LogP contribution in [0.15, 0.2) is 48.7 Å². The van der Waals surface area contributed by atoms with E-state index in [1.54, 1.807) is 11.3 Å². The number of fused-ring (bicyclic) bond motifs is 2. The van der Waals surface area contributed by atoms with Crippen molar-refractivity contribution in [2.75, 3.05) is 18.1 Å². The molecule has 0 saturated heterocycles. The number of halogens is 1. The summed E-state index contributed by atoms with van der Waals surface area (Å²) in [6.07, 6.45) is 3.36. The quantitative estimate of drug-likeness (QED) is 0.171. The smallest absolute Gasteiger partial charge is 0.337 e. The van der Waals surface area contributed by atoms with Crippen LogP contribution >= 0.6 is 22.9 Å². The Bertz CT molecular complexity index is 1810. The van der Waals surface area contributed by atoms with Gasteiger partial charge in [-0.05, 0) is 61.7 Å². The summed E-state index contributed by atoms with van der Waals surface area (Å²) in [7, 11) is 2.01. The number of unbranched alkanes of at least 4 members (excludes halogenated alkanes) is 1. The Kier molecular flexibility index (Phi) is 8.22. The molecule has 3 aromatic heterocycles. The fourth-order valence-corrected chi connectivity index (χ4v) is 7.15. The van der Waals surface area contributed by atoms with E-state index in [1.165, 1.54) is 11.3 Å².